The summed E-state index contributed by atoms with van der Waals surface area (Å²) in [7, 11) is -0.990. The minimum absolute atomic E-state index is 0.0201. The van der Waals surface area contributed by atoms with Crippen LogP contribution in [0.15, 0.2) is 21.7 Å². The highest BCUT2D eigenvalue weighted by molar-refractivity contribution is 7.89. The van der Waals surface area contributed by atoms with Crippen molar-refractivity contribution in [2.45, 2.75) is 23.5 Å². The number of anilines is 1. The minimum Gasteiger partial charge on any atom is -0.480 e. The third-order valence-electron chi connectivity index (χ3n) is 4.04. The Morgan fingerprint density at radius 2 is 2.00 bits per heavy atom. The van der Waals surface area contributed by atoms with Crippen molar-refractivity contribution < 1.29 is 28.1 Å². The number of carbonyl (C=O) groups is 1. The number of benzene rings is 1. The molecule has 1 aromatic heterocycles. The summed E-state index contributed by atoms with van der Waals surface area (Å²) in [4.78, 5) is 12.8. The Balaban J connectivity index is 2.17. The summed E-state index contributed by atoms with van der Waals surface area (Å²) in [6.45, 7) is 0.292. The van der Waals surface area contributed by atoms with Crippen LogP contribution in [0.25, 0.3) is 11.0 Å². The molecule has 2 heterocycles. The second kappa shape index (κ2) is 5.69. The SMILES string of the molecule is CN(C)S(=O)(=O)c1ccc(N2CCC(O)C2C(=O)O)c2nonc12. The molecule has 0 radical (unpaired) electrons. The van der Waals surface area contributed by atoms with E-state index in [9.17, 15) is 23.4 Å². The molecule has 1 aliphatic heterocycles. The summed E-state index contributed by atoms with van der Waals surface area (Å²) in [5, 5.41) is 26.6. The summed E-state index contributed by atoms with van der Waals surface area (Å²) < 4.78 is 30.5. The van der Waals surface area contributed by atoms with E-state index in [1.54, 1.807) is 0 Å². The fourth-order valence-corrected chi connectivity index (χ4v) is 3.82. The van der Waals surface area contributed by atoms with Gasteiger partial charge in [-0.3, -0.25) is 0 Å². The van der Waals surface area contributed by atoms with Gasteiger partial charge in [-0.05, 0) is 28.9 Å². The maximum atomic E-state index is 12.4. The predicted molar refractivity (Wildman–Crippen MR) is 82.1 cm³/mol. The van der Waals surface area contributed by atoms with Crippen LogP contribution in [0.2, 0.25) is 0 Å². The Kier molecular flexibility index (Phi) is 3.94. The number of hydrogen-bond donors (Lipinski definition) is 2. The number of rotatable bonds is 4. The molecule has 1 aliphatic rings. The number of nitrogens with zero attached hydrogens (tertiary/aromatic N) is 4. The van der Waals surface area contributed by atoms with Gasteiger partial charge in [-0.1, -0.05) is 0 Å². The number of aromatic nitrogens is 2. The monoisotopic (exact) mass is 356 g/mol. The fourth-order valence-electron chi connectivity index (χ4n) is 2.81. The quantitative estimate of drug-likeness (QED) is 0.742. The van der Waals surface area contributed by atoms with Crippen LogP contribution in [0.4, 0.5) is 5.69 Å². The van der Waals surface area contributed by atoms with Crippen LogP contribution in [0.1, 0.15) is 6.42 Å². The molecule has 0 amide bonds. The van der Waals surface area contributed by atoms with Crippen molar-refractivity contribution in [1.29, 1.82) is 0 Å². The number of aliphatic carboxylic acids is 1. The lowest BCUT2D eigenvalue weighted by Crippen LogP contribution is -2.42. The van der Waals surface area contributed by atoms with E-state index in [4.69, 9.17) is 0 Å². The molecule has 1 saturated heterocycles. The maximum absolute atomic E-state index is 12.4. The average molecular weight is 356 g/mol. The molecule has 0 saturated carbocycles. The van der Waals surface area contributed by atoms with Crippen LogP contribution in [-0.2, 0) is 14.8 Å². The van der Waals surface area contributed by atoms with E-state index in [1.807, 2.05) is 0 Å². The van der Waals surface area contributed by atoms with Gasteiger partial charge in [0.25, 0.3) is 0 Å². The number of fused-ring (bicyclic) bond motifs is 1. The van der Waals surface area contributed by atoms with Gasteiger partial charge in [-0.2, -0.15) is 0 Å². The van der Waals surface area contributed by atoms with Crippen molar-refractivity contribution in [3.05, 3.63) is 12.1 Å². The fraction of sp³-hybridized carbons (Fsp3) is 0.462. The topological polar surface area (TPSA) is 137 Å². The van der Waals surface area contributed by atoms with Gasteiger partial charge in [0.05, 0.1) is 11.8 Å². The molecule has 1 fully saturated rings. The van der Waals surface area contributed by atoms with Gasteiger partial charge in [0, 0.05) is 20.6 Å². The highest BCUT2D eigenvalue weighted by Gasteiger charge is 2.40. The Hall–Kier alpha value is -2.24. The number of aliphatic hydroxyl groups is 1. The molecule has 0 bridgehead atoms. The van der Waals surface area contributed by atoms with Crippen molar-refractivity contribution >= 4 is 32.7 Å². The average Bonchev–Trinajstić information content (AvgIpc) is 3.12. The Morgan fingerprint density at radius 3 is 2.62 bits per heavy atom. The van der Waals surface area contributed by atoms with E-state index < -0.39 is 28.1 Å². The van der Waals surface area contributed by atoms with E-state index in [0.29, 0.717) is 12.2 Å². The number of aliphatic hydroxyl groups excluding tert-OH is 1. The van der Waals surface area contributed by atoms with Crippen LogP contribution in [0, 0.1) is 0 Å². The van der Waals surface area contributed by atoms with E-state index in [-0.39, 0.29) is 22.3 Å². The van der Waals surface area contributed by atoms with Crippen LogP contribution in [0.3, 0.4) is 0 Å². The second-order valence-electron chi connectivity index (χ2n) is 5.66. The van der Waals surface area contributed by atoms with Crippen molar-refractivity contribution in [2.75, 3.05) is 25.5 Å². The first-order chi connectivity index (χ1) is 11.2. The third kappa shape index (κ3) is 2.41. The number of carboxylic acids is 1. The first kappa shape index (κ1) is 16.6. The first-order valence-corrected chi connectivity index (χ1v) is 8.54. The van der Waals surface area contributed by atoms with Gasteiger partial charge >= 0.3 is 5.97 Å². The van der Waals surface area contributed by atoms with Gasteiger partial charge in [0.15, 0.2) is 17.1 Å². The summed E-state index contributed by atoms with van der Waals surface area (Å²) >= 11 is 0. The number of sulfonamides is 1. The van der Waals surface area contributed by atoms with Crippen LogP contribution < -0.4 is 4.90 Å². The molecule has 10 nitrogen and oxygen atoms in total. The molecule has 130 valence electrons. The van der Waals surface area contributed by atoms with E-state index in [0.717, 1.165) is 4.31 Å². The zero-order valence-electron chi connectivity index (χ0n) is 12.9. The van der Waals surface area contributed by atoms with E-state index in [1.165, 1.54) is 31.1 Å². The largest absolute Gasteiger partial charge is 0.480 e. The lowest BCUT2D eigenvalue weighted by Gasteiger charge is -2.25. The highest BCUT2D eigenvalue weighted by Crippen LogP contribution is 2.34. The highest BCUT2D eigenvalue weighted by atomic mass is 32.2. The van der Waals surface area contributed by atoms with Crippen LogP contribution in [0.5, 0.6) is 0 Å². The molecule has 11 heteroatoms. The molecular weight excluding hydrogens is 340 g/mol. The summed E-state index contributed by atoms with van der Waals surface area (Å²) in [6, 6.07) is 1.65. The maximum Gasteiger partial charge on any atom is 0.329 e. The van der Waals surface area contributed by atoms with Gasteiger partial charge in [-0.15, -0.1) is 0 Å². The summed E-state index contributed by atoms with van der Waals surface area (Å²) in [5.41, 5.74) is 0.512. The van der Waals surface area contributed by atoms with Crippen LogP contribution >= 0.6 is 0 Å². The number of carboxylic acid groups (broad SMARTS) is 1. The minimum atomic E-state index is -3.77. The van der Waals surface area contributed by atoms with Crippen LogP contribution in [-0.4, -0.2) is 72.0 Å². The molecule has 0 spiro atoms. The first-order valence-electron chi connectivity index (χ1n) is 7.10. The van der Waals surface area contributed by atoms with Gasteiger partial charge in [-0.25, -0.2) is 22.1 Å². The zero-order chi connectivity index (χ0) is 17.6. The van der Waals surface area contributed by atoms with Crippen molar-refractivity contribution in [3.63, 3.8) is 0 Å². The van der Waals surface area contributed by atoms with Crippen molar-refractivity contribution in [2.24, 2.45) is 0 Å². The zero-order valence-corrected chi connectivity index (χ0v) is 13.8. The Labute approximate surface area is 137 Å². The normalized spacial score (nSPS) is 21.8. The smallest absolute Gasteiger partial charge is 0.329 e. The lowest BCUT2D eigenvalue weighted by molar-refractivity contribution is -0.140. The molecule has 2 unspecified atom stereocenters. The second-order valence-corrected chi connectivity index (χ2v) is 7.78. The molecule has 3 rings (SSSR count). The molecule has 1 aromatic carbocycles. The molecule has 2 N–H and O–H groups in total. The molecule has 2 atom stereocenters. The molecule has 2 aromatic rings. The predicted octanol–water partition coefficient (Wildman–Crippen LogP) is -0.503. The van der Waals surface area contributed by atoms with E-state index in [2.05, 4.69) is 14.9 Å². The van der Waals surface area contributed by atoms with Gasteiger partial charge in [0.2, 0.25) is 10.0 Å². The lowest BCUT2D eigenvalue weighted by atomic mass is 10.1. The summed E-state index contributed by atoms with van der Waals surface area (Å²) in [5.74, 6) is -1.17. The van der Waals surface area contributed by atoms with Crippen molar-refractivity contribution in [3.8, 4) is 0 Å². The van der Waals surface area contributed by atoms with Gasteiger partial charge in [0.1, 0.15) is 4.90 Å². The Morgan fingerprint density at radius 1 is 1.33 bits per heavy atom. The van der Waals surface area contributed by atoms with E-state index >= 15 is 0 Å². The standard InChI is InChI=1S/C13H16N4O6S/c1-16(2)24(21,22)9-4-3-7(10-11(9)15-23-14-10)17-6-5-8(18)12(17)13(19)20/h3-4,8,12,18H,5-6H2,1-2H3,(H,19,20). The third-order valence-corrected chi connectivity index (χ3v) is 5.89. The van der Waals surface area contributed by atoms with Gasteiger partial charge < -0.3 is 15.1 Å². The Bertz CT molecular complexity index is 893. The molecule has 0 aliphatic carbocycles. The molecular formula is C13H16N4O6S. The summed E-state index contributed by atoms with van der Waals surface area (Å²) in [6.07, 6.45) is -0.746. The molecule has 24 heavy (non-hydrogen) atoms. The number of hydrogen-bond acceptors (Lipinski definition) is 8. The van der Waals surface area contributed by atoms with Crippen molar-refractivity contribution in [1.82, 2.24) is 14.6 Å².